The summed E-state index contributed by atoms with van der Waals surface area (Å²) < 4.78 is 1.69. The average molecular weight is 283 g/mol. The van der Waals surface area contributed by atoms with Gasteiger partial charge in [-0.05, 0) is 13.3 Å². The molecule has 1 aromatic heterocycles. The topological polar surface area (TPSA) is 100 Å². The molecule has 0 saturated heterocycles. The number of carbonyl (C=O) groups is 2. The summed E-state index contributed by atoms with van der Waals surface area (Å²) in [6, 6.07) is -0.237. The Bertz CT molecular complexity index is 421. The molecule has 2 amide bonds. The van der Waals surface area contributed by atoms with E-state index < -0.39 is 11.9 Å². The van der Waals surface area contributed by atoms with Crippen LogP contribution in [0.4, 0.5) is 4.79 Å². The molecule has 1 heterocycles. The van der Waals surface area contributed by atoms with E-state index in [1.807, 2.05) is 6.92 Å². The highest BCUT2D eigenvalue weighted by Gasteiger charge is 2.18. The molecule has 0 saturated carbocycles. The first-order valence-electron chi connectivity index (χ1n) is 6.64. The number of hydrogen-bond donors (Lipinski definition) is 2. The molecular weight excluding hydrogens is 262 g/mol. The standard InChI is InChI=1S/C12H21N5O3/c1-3-16(9-10(2)11(18)19)12(20)13-5-4-7-17-8-6-14-15-17/h6,8,10H,3-5,7,9H2,1-2H3,(H,13,20)(H,18,19). The molecule has 0 radical (unpaired) electrons. The number of aliphatic carboxylic acids is 1. The monoisotopic (exact) mass is 283 g/mol. The van der Waals surface area contributed by atoms with Crippen LogP contribution in [0.15, 0.2) is 12.4 Å². The maximum Gasteiger partial charge on any atom is 0.317 e. The molecule has 0 aliphatic rings. The van der Waals surface area contributed by atoms with Crippen molar-refractivity contribution in [3.63, 3.8) is 0 Å². The van der Waals surface area contributed by atoms with Crippen LogP contribution in [-0.4, -0.2) is 56.6 Å². The Balaban J connectivity index is 2.26. The van der Waals surface area contributed by atoms with Gasteiger partial charge in [0.25, 0.3) is 0 Å². The van der Waals surface area contributed by atoms with Crippen LogP contribution >= 0.6 is 0 Å². The number of carboxylic acid groups (broad SMARTS) is 1. The third-order valence-corrected chi connectivity index (χ3v) is 2.90. The van der Waals surface area contributed by atoms with Crippen molar-refractivity contribution < 1.29 is 14.7 Å². The van der Waals surface area contributed by atoms with Crippen molar-refractivity contribution >= 4 is 12.0 Å². The molecule has 112 valence electrons. The van der Waals surface area contributed by atoms with Gasteiger partial charge in [-0.2, -0.15) is 0 Å². The highest BCUT2D eigenvalue weighted by Crippen LogP contribution is 2.00. The Morgan fingerprint density at radius 2 is 2.25 bits per heavy atom. The van der Waals surface area contributed by atoms with E-state index in [1.165, 1.54) is 4.90 Å². The van der Waals surface area contributed by atoms with E-state index in [4.69, 9.17) is 5.11 Å². The van der Waals surface area contributed by atoms with Gasteiger partial charge in [0.2, 0.25) is 0 Å². The quantitative estimate of drug-likeness (QED) is 0.673. The molecule has 0 aromatic carbocycles. The summed E-state index contributed by atoms with van der Waals surface area (Å²) in [5.74, 6) is -1.47. The Hall–Kier alpha value is -2.12. The first kappa shape index (κ1) is 15.9. The zero-order chi connectivity index (χ0) is 15.0. The van der Waals surface area contributed by atoms with Gasteiger partial charge in [0.05, 0.1) is 12.1 Å². The third kappa shape index (κ3) is 5.25. The summed E-state index contributed by atoms with van der Waals surface area (Å²) in [5, 5.41) is 19.1. The lowest BCUT2D eigenvalue weighted by atomic mass is 10.2. The molecular formula is C12H21N5O3. The van der Waals surface area contributed by atoms with E-state index in [2.05, 4.69) is 15.6 Å². The van der Waals surface area contributed by atoms with Crippen LogP contribution in [-0.2, 0) is 11.3 Å². The van der Waals surface area contributed by atoms with Crippen LogP contribution in [0.25, 0.3) is 0 Å². The summed E-state index contributed by atoms with van der Waals surface area (Å²) >= 11 is 0. The second kappa shape index (κ2) is 8.13. The van der Waals surface area contributed by atoms with Crippen LogP contribution < -0.4 is 5.32 Å². The predicted octanol–water partition coefficient (Wildman–Crippen LogP) is 0.420. The van der Waals surface area contributed by atoms with E-state index in [0.29, 0.717) is 19.6 Å². The number of aryl methyl sites for hydroxylation is 1. The fourth-order valence-corrected chi connectivity index (χ4v) is 1.66. The summed E-state index contributed by atoms with van der Waals surface area (Å²) in [6.07, 6.45) is 4.10. The van der Waals surface area contributed by atoms with Crippen molar-refractivity contribution in [2.24, 2.45) is 5.92 Å². The number of nitrogens with one attached hydrogen (secondary N) is 1. The molecule has 0 spiro atoms. The molecule has 20 heavy (non-hydrogen) atoms. The number of nitrogens with zero attached hydrogens (tertiary/aromatic N) is 4. The van der Waals surface area contributed by atoms with Gasteiger partial charge in [0.15, 0.2) is 0 Å². The number of carbonyl (C=O) groups excluding carboxylic acids is 1. The van der Waals surface area contributed by atoms with Gasteiger partial charge >= 0.3 is 12.0 Å². The highest BCUT2D eigenvalue weighted by atomic mass is 16.4. The van der Waals surface area contributed by atoms with Crippen LogP contribution in [0.1, 0.15) is 20.3 Å². The Kier molecular flexibility index (Phi) is 6.48. The van der Waals surface area contributed by atoms with E-state index in [0.717, 1.165) is 6.42 Å². The third-order valence-electron chi connectivity index (χ3n) is 2.90. The molecule has 0 aliphatic heterocycles. The second-order valence-corrected chi connectivity index (χ2v) is 4.53. The number of rotatable bonds is 8. The van der Waals surface area contributed by atoms with Crippen LogP contribution in [0.2, 0.25) is 0 Å². The van der Waals surface area contributed by atoms with Gasteiger partial charge in [-0.15, -0.1) is 5.10 Å². The Morgan fingerprint density at radius 1 is 1.50 bits per heavy atom. The van der Waals surface area contributed by atoms with Crippen molar-refractivity contribution in [2.45, 2.75) is 26.8 Å². The number of carboxylic acids is 1. The van der Waals surface area contributed by atoms with E-state index in [-0.39, 0.29) is 12.6 Å². The summed E-state index contributed by atoms with van der Waals surface area (Å²) in [5.41, 5.74) is 0. The van der Waals surface area contributed by atoms with Crippen LogP contribution in [0.3, 0.4) is 0 Å². The van der Waals surface area contributed by atoms with Crippen LogP contribution in [0, 0.1) is 5.92 Å². The van der Waals surface area contributed by atoms with Gasteiger partial charge < -0.3 is 15.3 Å². The first-order chi connectivity index (χ1) is 9.54. The molecule has 0 aliphatic carbocycles. The maximum atomic E-state index is 11.9. The number of aromatic nitrogens is 3. The van der Waals surface area contributed by atoms with Gasteiger partial charge in [-0.3, -0.25) is 9.48 Å². The minimum absolute atomic E-state index is 0.209. The van der Waals surface area contributed by atoms with Gasteiger partial charge in [-0.1, -0.05) is 12.1 Å². The second-order valence-electron chi connectivity index (χ2n) is 4.53. The van der Waals surface area contributed by atoms with Crippen molar-refractivity contribution in [2.75, 3.05) is 19.6 Å². The predicted molar refractivity (Wildman–Crippen MR) is 72.1 cm³/mol. The Morgan fingerprint density at radius 3 is 2.80 bits per heavy atom. The molecule has 8 nitrogen and oxygen atoms in total. The largest absolute Gasteiger partial charge is 0.481 e. The molecule has 0 bridgehead atoms. The van der Waals surface area contributed by atoms with Gasteiger partial charge in [-0.25, -0.2) is 4.79 Å². The summed E-state index contributed by atoms with van der Waals surface area (Å²) in [6.45, 7) is 5.29. The smallest absolute Gasteiger partial charge is 0.317 e. The number of hydrogen-bond acceptors (Lipinski definition) is 4. The molecule has 1 rings (SSSR count). The van der Waals surface area contributed by atoms with E-state index >= 15 is 0 Å². The average Bonchev–Trinajstić information content (AvgIpc) is 2.93. The zero-order valence-corrected chi connectivity index (χ0v) is 11.8. The van der Waals surface area contributed by atoms with Gasteiger partial charge in [0.1, 0.15) is 0 Å². The van der Waals surface area contributed by atoms with Gasteiger partial charge in [0, 0.05) is 32.4 Å². The molecule has 1 atom stereocenters. The molecule has 0 fully saturated rings. The molecule has 1 aromatic rings. The van der Waals surface area contributed by atoms with Crippen LogP contribution in [0.5, 0.6) is 0 Å². The lowest BCUT2D eigenvalue weighted by Gasteiger charge is -2.23. The number of amides is 2. The molecule has 1 unspecified atom stereocenters. The van der Waals surface area contributed by atoms with Crippen molar-refractivity contribution in [1.82, 2.24) is 25.2 Å². The number of urea groups is 1. The lowest BCUT2D eigenvalue weighted by Crippen LogP contribution is -2.43. The summed E-state index contributed by atoms with van der Waals surface area (Å²) in [7, 11) is 0. The molecule has 8 heteroatoms. The van der Waals surface area contributed by atoms with Crippen molar-refractivity contribution in [3.8, 4) is 0 Å². The maximum absolute atomic E-state index is 11.9. The minimum Gasteiger partial charge on any atom is -0.481 e. The normalized spacial score (nSPS) is 11.9. The van der Waals surface area contributed by atoms with E-state index in [1.54, 1.807) is 24.0 Å². The van der Waals surface area contributed by atoms with E-state index in [9.17, 15) is 9.59 Å². The van der Waals surface area contributed by atoms with Crippen molar-refractivity contribution in [3.05, 3.63) is 12.4 Å². The fourth-order valence-electron chi connectivity index (χ4n) is 1.66. The first-order valence-corrected chi connectivity index (χ1v) is 6.64. The highest BCUT2D eigenvalue weighted by molar-refractivity contribution is 5.75. The SMILES string of the molecule is CCN(CC(C)C(=O)O)C(=O)NCCCn1ccnn1. The Labute approximate surface area is 117 Å². The molecule has 2 N–H and O–H groups in total. The summed E-state index contributed by atoms with van der Waals surface area (Å²) in [4.78, 5) is 24.2. The zero-order valence-electron chi connectivity index (χ0n) is 11.8. The van der Waals surface area contributed by atoms with Crippen molar-refractivity contribution in [1.29, 1.82) is 0 Å². The minimum atomic E-state index is -0.901. The lowest BCUT2D eigenvalue weighted by molar-refractivity contribution is -0.141. The fraction of sp³-hybridized carbons (Fsp3) is 0.667.